The maximum Gasteiger partial charge on any atom is 0.226 e. The summed E-state index contributed by atoms with van der Waals surface area (Å²) in [5, 5.41) is 3.50. The van der Waals surface area contributed by atoms with Crippen LogP contribution in [-0.4, -0.2) is 32.2 Å². The number of hydrogen-bond acceptors (Lipinski definition) is 6. The van der Waals surface area contributed by atoms with Gasteiger partial charge in [-0.25, -0.2) is 4.98 Å². The van der Waals surface area contributed by atoms with E-state index in [4.69, 9.17) is 14.2 Å². The van der Waals surface area contributed by atoms with Crippen LogP contribution in [0, 0.1) is 0 Å². The maximum absolute atomic E-state index is 12.4. The number of nitrogens with one attached hydrogen (secondary N) is 1. The number of aromatic nitrogens is 1. The van der Waals surface area contributed by atoms with Crippen molar-refractivity contribution in [3.63, 3.8) is 0 Å². The van der Waals surface area contributed by atoms with Crippen LogP contribution >= 0.6 is 11.3 Å². The summed E-state index contributed by atoms with van der Waals surface area (Å²) < 4.78 is 16.0. The lowest BCUT2D eigenvalue weighted by molar-refractivity contribution is -0.116. The number of methoxy groups -OCH3 is 3. The zero-order valence-corrected chi connectivity index (χ0v) is 17.5. The number of carbonyl (C=O) groups excluding carboxylic acids is 1. The van der Waals surface area contributed by atoms with Crippen LogP contribution in [0.3, 0.4) is 0 Å². The molecule has 7 heteroatoms. The van der Waals surface area contributed by atoms with E-state index in [0.717, 1.165) is 16.9 Å². The van der Waals surface area contributed by atoms with Gasteiger partial charge in [-0.15, -0.1) is 11.3 Å². The van der Waals surface area contributed by atoms with Crippen LogP contribution < -0.4 is 19.5 Å². The molecule has 1 amide bonds. The van der Waals surface area contributed by atoms with Crippen LogP contribution in [-0.2, 0) is 17.6 Å². The minimum Gasteiger partial charge on any atom is -0.493 e. The van der Waals surface area contributed by atoms with Crippen molar-refractivity contribution < 1.29 is 19.0 Å². The van der Waals surface area contributed by atoms with Crippen molar-refractivity contribution in [3.8, 4) is 17.2 Å². The molecule has 1 N–H and O–H groups in total. The van der Waals surface area contributed by atoms with Crippen molar-refractivity contribution in [2.45, 2.75) is 19.3 Å². The molecule has 3 aromatic rings. The predicted octanol–water partition coefficient (Wildman–Crippen LogP) is 4.33. The summed E-state index contributed by atoms with van der Waals surface area (Å²) in [5.41, 5.74) is 2.15. The Kier molecular flexibility index (Phi) is 7.08. The first-order valence-corrected chi connectivity index (χ1v) is 10.0. The molecule has 152 valence electrons. The monoisotopic (exact) mass is 412 g/mol. The Morgan fingerprint density at radius 3 is 2.31 bits per heavy atom. The highest BCUT2D eigenvalue weighted by Gasteiger charge is 2.14. The third kappa shape index (κ3) is 5.48. The number of ether oxygens (including phenoxy) is 3. The molecule has 0 saturated heterocycles. The van der Waals surface area contributed by atoms with E-state index in [1.54, 1.807) is 21.3 Å². The van der Waals surface area contributed by atoms with Gasteiger partial charge in [-0.3, -0.25) is 4.79 Å². The van der Waals surface area contributed by atoms with Crippen LogP contribution in [0.1, 0.15) is 22.4 Å². The van der Waals surface area contributed by atoms with E-state index in [1.807, 2.05) is 36.5 Å². The molecular formula is C22H24N2O4S. The van der Waals surface area contributed by atoms with Crippen LogP contribution in [0.2, 0.25) is 0 Å². The van der Waals surface area contributed by atoms with Gasteiger partial charge in [0.15, 0.2) is 16.6 Å². The van der Waals surface area contributed by atoms with Gasteiger partial charge >= 0.3 is 0 Å². The Balaban J connectivity index is 1.58. The molecule has 0 radical (unpaired) electrons. The van der Waals surface area contributed by atoms with Gasteiger partial charge in [0, 0.05) is 23.9 Å². The predicted molar refractivity (Wildman–Crippen MR) is 114 cm³/mol. The number of nitrogens with zero attached hydrogens (tertiary/aromatic N) is 1. The van der Waals surface area contributed by atoms with Gasteiger partial charge in [-0.05, 0) is 29.7 Å². The lowest BCUT2D eigenvalue weighted by atomic mass is 10.1. The summed E-state index contributed by atoms with van der Waals surface area (Å²) in [6.45, 7) is 0. The summed E-state index contributed by atoms with van der Waals surface area (Å²) in [6.07, 6.45) is 3.49. The Bertz CT molecular complexity index is 931. The van der Waals surface area contributed by atoms with Crippen molar-refractivity contribution in [2.75, 3.05) is 26.6 Å². The van der Waals surface area contributed by atoms with Crippen molar-refractivity contribution in [3.05, 3.63) is 64.7 Å². The molecule has 0 unspecified atom stereocenters. The van der Waals surface area contributed by atoms with E-state index in [9.17, 15) is 4.79 Å². The molecule has 2 aromatic carbocycles. The van der Waals surface area contributed by atoms with Crippen LogP contribution in [0.5, 0.6) is 17.2 Å². The Morgan fingerprint density at radius 1 is 1.00 bits per heavy atom. The third-order valence-corrected chi connectivity index (χ3v) is 5.30. The fourth-order valence-corrected chi connectivity index (χ4v) is 3.83. The van der Waals surface area contributed by atoms with Crippen molar-refractivity contribution in [1.82, 2.24) is 4.98 Å². The highest BCUT2D eigenvalue weighted by Crippen LogP contribution is 2.38. The second-order valence-electron chi connectivity index (χ2n) is 6.38. The average Bonchev–Trinajstić information content (AvgIpc) is 3.18. The fraction of sp³-hybridized carbons (Fsp3) is 0.273. The van der Waals surface area contributed by atoms with Crippen molar-refractivity contribution >= 4 is 22.4 Å². The van der Waals surface area contributed by atoms with Gasteiger partial charge in [0.25, 0.3) is 0 Å². The number of amides is 1. The number of anilines is 1. The van der Waals surface area contributed by atoms with E-state index >= 15 is 0 Å². The minimum atomic E-state index is -0.0839. The molecule has 0 fully saturated rings. The molecular weight excluding hydrogens is 388 g/mol. The number of rotatable bonds is 9. The molecule has 0 aliphatic carbocycles. The maximum atomic E-state index is 12.4. The number of carbonyl (C=O) groups is 1. The van der Waals surface area contributed by atoms with Gasteiger partial charge in [0.2, 0.25) is 11.7 Å². The molecule has 29 heavy (non-hydrogen) atoms. The summed E-state index contributed by atoms with van der Waals surface area (Å²) in [5.74, 6) is 1.61. The largest absolute Gasteiger partial charge is 0.493 e. The van der Waals surface area contributed by atoms with E-state index < -0.39 is 0 Å². The molecule has 1 aromatic heterocycles. The first kappa shape index (κ1) is 20.7. The zero-order chi connectivity index (χ0) is 20.6. The van der Waals surface area contributed by atoms with E-state index in [0.29, 0.717) is 35.2 Å². The van der Waals surface area contributed by atoms with E-state index in [2.05, 4.69) is 22.4 Å². The zero-order valence-electron chi connectivity index (χ0n) is 16.7. The molecule has 0 aliphatic rings. The SMILES string of the molecule is COc1cc(CCC(=O)Nc2ncc(Cc3ccccc3)s2)cc(OC)c1OC. The smallest absolute Gasteiger partial charge is 0.226 e. The van der Waals surface area contributed by atoms with Gasteiger partial charge in [-0.2, -0.15) is 0 Å². The molecule has 0 spiro atoms. The van der Waals surface area contributed by atoms with Crippen LogP contribution in [0.25, 0.3) is 0 Å². The first-order valence-electron chi connectivity index (χ1n) is 9.20. The summed E-state index contributed by atoms with van der Waals surface area (Å²) in [6, 6.07) is 13.9. The first-order chi connectivity index (χ1) is 14.1. The van der Waals surface area contributed by atoms with Crippen molar-refractivity contribution in [2.24, 2.45) is 0 Å². The average molecular weight is 413 g/mol. The molecule has 0 saturated carbocycles. The molecule has 1 heterocycles. The van der Waals surface area contributed by atoms with Crippen LogP contribution in [0.15, 0.2) is 48.7 Å². The molecule has 0 aliphatic heterocycles. The highest BCUT2D eigenvalue weighted by molar-refractivity contribution is 7.15. The Morgan fingerprint density at radius 2 is 1.69 bits per heavy atom. The molecule has 6 nitrogen and oxygen atoms in total. The van der Waals surface area contributed by atoms with Gasteiger partial charge in [-0.1, -0.05) is 30.3 Å². The Labute approximate surface area is 174 Å². The number of benzene rings is 2. The van der Waals surface area contributed by atoms with E-state index in [1.165, 1.54) is 16.9 Å². The lowest BCUT2D eigenvalue weighted by Crippen LogP contribution is -2.12. The van der Waals surface area contributed by atoms with Gasteiger partial charge < -0.3 is 19.5 Å². The summed E-state index contributed by atoms with van der Waals surface area (Å²) >= 11 is 1.50. The number of aryl methyl sites for hydroxylation is 1. The van der Waals surface area contributed by atoms with Gasteiger partial charge in [0.1, 0.15) is 0 Å². The highest BCUT2D eigenvalue weighted by atomic mass is 32.1. The second kappa shape index (κ2) is 9.93. The summed E-state index contributed by atoms with van der Waals surface area (Å²) in [4.78, 5) is 17.8. The molecule has 3 rings (SSSR count). The minimum absolute atomic E-state index is 0.0839. The second-order valence-corrected chi connectivity index (χ2v) is 7.49. The number of thiazole rings is 1. The third-order valence-electron chi connectivity index (χ3n) is 4.39. The van der Waals surface area contributed by atoms with E-state index in [-0.39, 0.29) is 5.91 Å². The van der Waals surface area contributed by atoms with Crippen LogP contribution in [0.4, 0.5) is 5.13 Å². The topological polar surface area (TPSA) is 69.7 Å². The fourth-order valence-electron chi connectivity index (χ4n) is 2.96. The quantitative estimate of drug-likeness (QED) is 0.566. The molecule has 0 atom stereocenters. The Hall–Kier alpha value is -3.06. The lowest BCUT2D eigenvalue weighted by Gasteiger charge is -2.14. The van der Waals surface area contributed by atoms with Crippen molar-refractivity contribution in [1.29, 1.82) is 0 Å². The normalized spacial score (nSPS) is 10.4. The molecule has 0 bridgehead atoms. The van der Waals surface area contributed by atoms with Gasteiger partial charge in [0.05, 0.1) is 21.3 Å². The summed E-state index contributed by atoms with van der Waals surface area (Å²) in [7, 11) is 4.71. The standard InChI is InChI=1S/C22H24N2O4S/c1-26-18-12-16(13-19(27-2)21(18)28-3)9-10-20(25)24-22-23-14-17(29-22)11-15-7-5-4-6-8-15/h4-8,12-14H,9-11H2,1-3H3,(H,23,24,25). The number of hydrogen-bond donors (Lipinski definition) is 1.